The Hall–Kier alpha value is -1.84. The fourth-order valence-corrected chi connectivity index (χ4v) is 2.95. The highest BCUT2D eigenvalue weighted by atomic mass is 16.4. The largest absolute Gasteiger partial charge is 0.481 e. The van der Waals surface area contributed by atoms with Crippen LogP contribution in [0.4, 0.5) is 0 Å². The number of benzene rings is 1. The van der Waals surface area contributed by atoms with Crippen molar-refractivity contribution in [3.8, 4) is 0 Å². The number of hydrogen-bond donors (Lipinski definition) is 2. The first kappa shape index (κ1) is 26.2. The molecule has 0 amide bonds. The molecule has 28 heavy (non-hydrogen) atoms. The monoisotopic (exact) mass is 392 g/mol. The van der Waals surface area contributed by atoms with Crippen LogP contribution in [0.25, 0.3) is 0 Å². The fourth-order valence-electron chi connectivity index (χ4n) is 2.95. The first-order valence-electron chi connectivity index (χ1n) is 10.6. The van der Waals surface area contributed by atoms with E-state index in [2.05, 4.69) is 24.3 Å². The van der Waals surface area contributed by atoms with Gasteiger partial charge < -0.3 is 10.2 Å². The van der Waals surface area contributed by atoms with Gasteiger partial charge in [-0.1, -0.05) is 51.0 Å². The number of carboxylic acids is 2. The summed E-state index contributed by atoms with van der Waals surface area (Å²) in [6.07, 6.45) is 7.13. The highest BCUT2D eigenvalue weighted by molar-refractivity contribution is 5.73. The van der Waals surface area contributed by atoms with Gasteiger partial charge in [-0.05, 0) is 77.3 Å². The Balaban J connectivity index is 0.00000352. The minimum Gasteiger partial charge on any atom is -0.481 e. The SMILES string of the molecule is CC.CC(C)(CCCCc1cccc(CCCCC(C)(C)C(=O)O)c1)C(=O)O. The van der Waals surface area contributed by atoms with Crippen molar-refractivity contribution in [1.29, 1.82) is 0 Å². The summed E-state index contributed by atoms with van der Waals surface area (Å²) in [5.74, 6) is -1.46. The molecule has 160 valence electrons. The molecule has 0 atom stereocenters. The smallest absolute Gasteiger partial charge is 0.309 e. The summed E-state index contributed by atoms with van der Waals surface area (Å²) in [4.78, 5) is 22.2. The minimum atomic E-state index is -0.731. The third-order valence-corrected chi connectivity index (χ3v) is 5.18. The molecule has 0 radical (unpaired) electrons. The second kappa shape index (κ2) is 12.6. The van der Waals surface area contributed by atoms with Crippen molar-refractivity contribution in [3.63, 3.8) is 0 Å². The molecule has 0 aromatic heterocycles. The third-order valence-electron chi connectivity index (χ3n) is 5.18. The summed E-state index contributed by atoms with van der Waals surface area (Å²) < 4.78 is 0. The second-order valence-corrected chi connectivity index (χ2v) is 8.61. The van der Waals surface area contributed by atoms with Gasteiger partial charge in [0, 0.05) is 0 Å². The Morgan fingerprint density at radius 1 is 0.750 bits per heavy atom. The van der Waals surface area contributed by atoms with E-state index in [4.69, 9.17) is 10.2 Å². The summed E-state index contributed by atoms with van der Waals surface area (Å²) in [6, 6.07) is 8.55. The van der Waals surface area contributed by atoms with Gasteiger partial charge in [0.05, 0.1) is 10.8 Å². The van der Waals surface area contributed by atoms with Gasteiger partial charge in [0.25, 0.3) is 0 Å². The standard InChI is InChI=1S/C22H34O4.C2H6/c1-21(2,19(23)24)14-7-5-10-17-12-9-13-18(16-17)11-6-8-15-22(3,4)20(25)26;1-2/h9,12-13,16H,5-8,10-11,14-15H2,1-4H3,(H,23,24)(H,25,26);1-2H3. The number of carboxylic acid groups (broad SMARTS) is 2. The first-order chi connectivity index (χ1) is 13.0. The first-order valence-corrected chi connectivity index (χ1v) is 10.6. The third kappa shape index (κ3) is 9.91. The number of aliphatic carboxylic acids is 2. The van der Waals surface area contributed by atoms with E-state index in [-0.39, 0.29) is 0 Å². The molecule has 0 heterocycles. The quantitative estimate of drug-likeness (QED) is 0.406. The van der Waals surface area contributed by atoms with Gasteiger partial charge in [0.2, 0.25) is 0 Å². The normalized spacial score (nSPS) is 11.5. The predicted octanol–water partition coefficient (Wildman–Crippen LogP) is 6.36. The van der Waals surface area contributed by atoms with Crippen molar-refractivity contribution >= 4 is 11.9 Å². The van der Waals surface area contributed by atoms with Gasteiger partial charge in [-0.2, -0.15) is 0 Å². The average molecular weight is 393 g/mol. The molecule has 0 unspecified atom stereocenters. The molecule has 0 aliphatic rings. The number of unbranched alkanes of at least 4 members (excludes halogenated alkanes) is 2. The Kier molecular flexibility index (Phi) is 11.8. The number of carbonyl (C=O) groups is 2. The van der Waals surface area contributed by atoms with E-state index in [0.717, 1.165) is 38.5 Å². The van der Waals surface area contributed by atoms with Crippen molar-refractivity contribution in [2.45, 2.75) is 92.9 Å². The zero-order chi connectivity index (χ0) is 21.8. The van der Waals surface area contributed by atoms with Crippen LogP contribution in [-0.2, 0) is 22.4 Å². The summed E-state index contributed by atoms with van der Waals surface area (Å²) in [7, 11) is 0. The molecule has 1 aromatic rings. The van der Waals surface area contributed by atoms with Crippen molar-refractivity contribution in [3.05, 3.63) is 35.4 Å². The Labute approximate surface area is 171 Å². The molecular weight excluding hydrogens is 352 g/mol. The van der Waals surface area contributed by atoms with Crippen LogP contribution in [-0.4, -0.2) is 22.2 Å². The maximum atomic E-state index is 11.1. The van der Waals surface area contributed by atoms with Crippen LogP contribution in [0.3, 0.4) is 0 Å². The molecule has 0 aliphatic carbocycles. The molecular formula is C24H40O4. The lowest BCUT2D eigenvalue weighted by molar-refractivity contribution is -0.148. The highest BCUT2D eigenvalue weighted by Gasteiger charge is 2.26. The number of rotatable bonds is 12. The summed E-state index contributed by atoms with van der Waals surface area (Å²) in [6.45, 7) is 11.1. The fraction of sp³-hybridized carbons (Fsp3) is 0.667. The Morgan fingerprint density at radius 3 is 1.43 bits per heavy atom. The van der Waals surface area contributed by atoms with Gasteiger partial charge in [0.1, 0.15) is 0 Å². The molecule has 0 spiro atoms. The average Bonchev–Trinajstić information content (AvgIpc) is 2.64. The molecule has 0 fully saturated rings. The van der Waals surface area contributed by atoms with Crippen LogP contribution in [0.2, 0.25) is 0 Å². The van der Waals surface area contributed by atoms with Gasteiger partial charge in [-0.25, -0.2) is 0 Å². The highest BCUT2D eigenvalue weighted by Crippen LogP contribution is 2.25. The van der Waals surface area contributed by atoms with Crippen molar-refractivity contribution in [1.82, 2.24) is 0 Å². The topological polar surface area (TPSA) is 74.6 Å². The van der Waals surface area contributed by atoms with Gasteiger partial charge >= 0.3 is 11.9 Å². The van der Waals surface area contributed by atoms with E-state index in [0.29, 0.717) is 12.8 Å². The van der Waals surface area contributed by atoms with Crippen LogP contribution < -0.4 is 0 Å². The zero-order valence-corrected chi connectivity index (χ0v) is 18.7. The van der Waals surface area contributed by atoms with E-state index in [9.17, 15) is 9.59 Å². The van der Waals surface area contributed by atoms with E-state index < -0.39 is 22.8 Å². The van der Waals surface area contributed by atoms with Gasteiger partial charge in [0.15, 0.2) is 0 Å². The van der Waals surface area contributed by atoms with Gasteiger partial charge in [-0.3, -0.25) is 9.59 Å². The lowest BCUT2D eigenvalue weighted by Gasteiger charge is -2.18. The molecule has 1 rings (SSSR count). The van der Waals surface area contributed by atoms with Crippen LogP contribution in [0.1, 0.15) is 91.2 Å². The maximum absolute atomic E-state index is 11.1. The van der Waals surface area contributed by atoms with Crippen LogP contribution in [0, 0.1) is 10.8 Å². The predicted molar refractivity (Wildman–Crippen MR) is 116 cm³/mol. The number of hydrogen-bond acceptors (Lipinski definition) is 2. The molecule has 4 nitrogen and oxygen atoms in total. The lowest BCUT2D eigenvalue weighted by atomic mass is 9.86. The summed E-state index contributed by atoms with van der Waals surface area (Å²) in [5, 5.41) is 18.3. The van der Waals surface area contributed by atoms with Crippen LogP contribution in [0.15, 0.2) is 24.3 Å². The summed E-state index contributed by atoms with van der Waals surface area (Å²) >= 11 is 0. The van der Waals surface area contributed by atoms with E-state index in [1.807, 2.05) is 13.8 Å². The second-order valence-electron chi connectivity index (χ2n) is 8.61. The molecule has 4 heteroatoms. The van der Waals surface area contributed by atoms with Crippen molar-refractivity contribution in [2.75, 3.05) is 0 Å². The summed E-state index contributed by atoms with van der Waals surface area (Å²) in [5.41, 5.74) is 1.29. The molecule has 0 saturated heterocycles. The zero-order valence-electron chi connectivity index (χ0n) is 18.7. The molecule has 0 bridgehead atoms. The van der Waals surface area contributed by atoms with E-state index >= 15 is 0 Å². The van der Waals surface area contributed by atoms with Crippen LogP contribution >= 0.6 is 0 Å². The van der Waals surface area contributed by atoms with E-state index in [1.165, 1.54) is 11.1 Å². The Morgan fingerprint density at radius 2 is 1.11 bits per heavy atom. The molecule has 0 aliphatic heterocycles. The van der Waals surface area contributed by atoms with Crippen molar-refractivity contribution in [2.24, 2.45) is 10.8 Å². The van der Waals surface area contributed by atoms with E-state index in [1.54, 1.807) is 27.7 Å². The Bertz CT molecular complexity index is 553. The maximum Gasteiger partial charge on any atom is 0.309 e. The van der Waals surface area contributed by atoms with Gasteiger partial charge in [-0.15, -0.1) is 0 Å². The van der Waals surface area contributed by atoms with Crippen LogP contribution in [0.5, 0.6) is 0 Å². The minimum absolute atomic E-state index is 0.647. The van der Waals surface area contributed by atoms with Crippen molar-refractivity contribution < 1.29 is 19.8 Å². The lowest BCUT2D eigenvalue weighted by Crippen LogP contribution is -2.23. The number of aryl methyl sites for hydroxylation is 2. The molecule has 1 aromatic carbocycles. The molecule has 2 N–H and O–H groups in total. The molecule has 0 saturated carbocycles.